The van der Waals surface area contributed by atoms with Crippen LogP contribution in [0.1, 0.15) is 5.56 Å². The van der Waals surface area contributed by atoms with E-state index in [9.17, 15) is 4.79 Å². The predicted molar refractivity (Wildman–Crippen MR) is 72.5 cm³/mol. The molecule has 0 fully saturated rings. The second kappa shape index (κ2) is 6.01. The van der Waals surface area contributed by atoms with Gasteiger partial charge in [-0.15, -0.1) is 5.56 Å². The number of anilines is 2. The third-order valence-corrected chi connectivity index (χ3v) is 2.80. The van der Waals surface area contributed by atoms with Crippen LogP contribution in [0.25, 0.3) is 10.9 Å². The number of hydrogen-bond donors (Lipinski definition) is 0. The smallest absolute Gasteiger partial charge is 0.429 e. The molecule has 0 aliphatic rings. The Balaban J connectivity index is 0.00000180. The van der Waals surface area contributed by atoms with Crippen molar-refractivity contribution in [1.29, 1.82) is 0 Å². The van der Waals surface area contributed by atoms with Crippen LogP contribution in [0.15, 0.2) is 15.3 Å². The van der Waals surface area contributed by atoms with Crippen molar-refractivity contribution in [3.05, 3.63) is 28.1 Å². The maximum absolute atomic E-state index is 12.0. The molecule has 6 heteroatoms. The molecule has 2 rings (SSSR count). The summed E-state index contributed by atoms with van der Waals surface area (Å²) in [5, 5.41) is 0.492. The Labute approximate surface area is 137 Å². The molecule has 0 saturated carbocycles. The quantitative estimate of drug-likeness (QED) is 0.777. The van der Waals surface area contributed by atoms with Crippen molar-refractivity contribution >= 4 is 22.6 Å². The molecule has 1 heterocycles. The molecule has 0 atom stereocenters. The molecule has 0 aliphatic heterocycles. The van der Waals surface area contributed by atoms with E-state index in [0.29, 0.717) is 16.9 Å². The zero-order chi connectivity index (χ0) is 13.4. The van der Waals surface area contributed by atoms with Gasteiger partial charge >= 0.3 is 32.7 Å². The molecule has 19 heavy (non-hydrogen) atoms. The van der Waals surface area contributed by atoms with Gasteiger partial charge in [-0.3, -0.25) is 4.79 Å². The fourth-order valence-electron chi connectivity index (χ4n) is 1.87. The molecule has 0 amide bonds. The number of benzene rings is 1. The zero-order valence-electron chi connectivity index (χ0n) is 11.8. The van der Waals surface area contributed by atoms with Crippen LogP contribution in [0.4, 0.5) is 11.7 Å². The molecule has 0 unspecified atom stereocenters. The summed E-state index contributed by atoms with van der Waals surface area (Å²) in [5.74, 6) is 0. The van der Waals surface area contributed by atoms with Gasteiger partial charge in [-0.25, -0.2) is 4.98 Å². The van der Waals surface area contributed by atoms with Gasteiger partial charge in [0.1, 0.15) is 0 Å². The molecule has 0 saturated heterocycles. The third-order valence-electron chi connectivity index (χ3n) is 2.80. The summed E-state index contributed by atoms with van der Waals surface area (Å²) in [5.41, 5.74) is 1.97. The fraction of sp³-hybridized carbons (Fsp3) is 0.385. The van der Waals surface area contributed by atoms with Gasteiger partial charge in [-0.1, -0.05) is 12.6 Å². The van der Waals surface area contributed by atoms with Crippen LogP contribution in [0, 0.1) is 13.0 Å². The summed E-state index contributed by atoms with van der Waals surface area (Å²) < 4.78 is 5.19. The molecule has 96 valence electrons. The van der Waals surface area contributed by atoms with Crippen LogP contribution in [0.2, 0.25) is 0 Å². The van der Waals surface area contributed by atoms with Crippen molar-refractivity contribution in [2.75, 3.05) is 38.0 Å². The Morgan fingerprint density at radius 2 is 1.84 bits per heavy atom. The number of aromatic nitrogens is 1. The van der Waals surface area contributed by atoms with E-state index in [1.807, 2.05) is 32.0 Å². The van der Waals surface area contributed by atoms with Gasteiger partial charge in [-0.05, 0) is 25.0 Å². The van der Waals surface area contributed by atoms with Crippen molar-refractivity contribution in [3.8, 4) is 0 Å². The fourth-order valence-corrected chi connectivity index (χ4v) is 1.87. The van der Waals surface area contributed by atoms with Crippen LogP contribution in [-0.4, -0.2) is 33.2 Å². The minimum absolute atomic E-state index is 0. The summed E-state index contributed by atoms with van der Waals surface area (Å²) in [4.78, 5) is 19.9. The van der Waals surface area contributed by atoms with E-state index >= 15 is 0 Å². The van der Waals surface area contributed by atoms with Gasteiger partial charge in [0.2, 0.25) is 0 Å². The van der Waals surface area contributed by atoms with E-state index in [2.05, 4.69) is 11.1 Å². The first-order chi connectivity index (χ1) is 8.41. The monoisotopic (exact) mass is 335 g/mol. The van der Waals surface area contributed by atoms with Crippen LogP contribution in [-0.2, 0) is 32.7 Å². The molecule has 0 aliphatic carbocycles. The Morgan fingerprint density at radius 3 is 2.37 bits per heavy atom. The van der Waals surface area contributed by atoms with E-state index in [1.165, 1.54) is 0 Å². The Morgan fingerprint density at radius 1 is 1.21 bits per heavy atom. The van der Waals surface area contributed by atoms with Gasteiger partial charge in [0.25, 0.3) is 11.6 Å². The largest absolute Gasteiger partial charge is 3.00 e. The first-order valence-corrected chi connectivity index (χ1v) is 5.62. The normalized spacial score (nSPS) is 10.2. The zero-order valence-corrected chi connectivity index (χ0v) is 14.7. The average molecular weight is 335 g/mol. The third kappa shape index (κ3) is 2.98. The van der Waals surface area contributed by atoms with Gasteiger partial charge in [0, 0.05) is 14.1 Å². The maximum Gasteiger partial charge on any atom is 3.00 e. The Hall–Kier alpha value is -0.936. The molecule has 0 bridgehead atoms. The first-order valence-electron chi connectivity index (χ1n) is 5.62. The molecule has 5 nitrogen and oxygen atoms in total. The number of aryl methyl sites for hydroxylation is 1. The molecule has 0 spiro atoms. The van der Waals surface area contributed by atoms with Gasteiger partial charge in [0.15, 0.2) is 0 Å². The second-order valence-electron chi connectivity index (χ2n) is 4.60. The summed E-state index contributed by atoms with van der Waals surface area (Å²) >= 11 is 0. The molecule has 1 aromatic carbocycles. The summed E-state index contributed by atoms with van der Waals surface area (Å²) in [6.07, 6.45) is 0. The minimum Gasteiger partial charge on any atom is -0.429 e. The Bertz CT molecular complexity index is 650. The van der Waals surface area contributed by atoms with E-state index in [4.69, 9.17) is 4.42 Å². The van der Waals surface area contributed by atoms with Crippen molar-refractivity contribution in [2.45, 2.75) is 6.92 Å². The summed E-state index contributed by atoms with van der Waals surface area (Å²) in [7, 11) is 7.40. The summed E-state index contributed by atoms with van der Waals surface area (Å²) in [6.45, 7) is 1.89. The summed E-state index contributed by atoms with van der Waals surface area (Å²) in [6, 6.07) is 5.17. The van der Waals surface area contributed by atoms with E-state index in [1.54, 1.807) is 19.0 Å². The van der Waals surface area contributed by atoms with Crippen LogP contribution in [0.5, 0.6) is 0 Å². The minimum atomic E-state index is -0.374. The van der Waals surface area contributed by atoms with Crippen molar-refractivity contribution in [2.24, 2.45) is 0 Å². The number of rotatable bonds is 2. The molecular formula is C13H16N3O2Y+2. The molecule has 1 aromatic heterocycles. The number of hydrogen-bond acceptors (Lipinski definition) is 5. The van der Waals surface area contributed by atoms with Gasteiger partial charge < -0.3 is 14.2 Å². The average Bonchev–Trinajstić information content (AvgIpc) is 2.27. The van der Waals surface area contributed by atoms with E-state index in [0.717, 1.165) is 11.3 Å². The Kier molecular flexibility index (Phi) is 5.10. The first kappa shape index (κ1) is 16.1. The van der Waals surface area contributed by atoms with Gasteiger partial charge in [-0.2, -0.15) is 12.1 Å². The van der Waals surface area contributed by atoms with Gasteiger partial charge in [0.05, 0.1) is 0 Å². The number of fused-ring (bicyclic) bond motifs is 1. The topological polar surface area (TPSA) is 49.6 Å². The molecule has 0 radical (unpaired) electrons. The SMILES string of the molecule is Cc1c(N(C)C)c[c-]c2nc(N(C)C)oc(=O)c12.[Y+3]. The van der Waals surface area contributed by atoms with E-state index in [-0.39, 0.29) is 38.3 Å². The standard InChI is InChI=1S/C13H16N3O2.Y/c1-8-10(15(2)3)7-6-9-11(8)12(17)18-13(14-9)16(4)5;/h7H,1-5H3;/q-1;+3. The molecule has 0 N–H and O–H groups in total. The van der Waals surface area contributed by atoms with Crippen LogP contribution in [0.3, 0.4) is 0 Å². The second-order valence-corrected chi connectivity index (χ2v) is 4.60. The van der Waals surface area contributed by atoms with Crippen LogP contribution < -0.4 is 15.4 Å². The van der Waals surface area contributed by atoms with Crippen molar-refractivity contribution < 1.29 is 37.1 Å². The molecule has 2 aromatic rings. The van der Waals surface area contributed by atoms with Crippen molar-refractivity contribution in [1.82, 2.24) is 4.98 Å². The van der Waals surface area contributed by atoms with Crippen LogP contribution >= 0.6 is 0 Å². The number of nitrogens with zero attached hydrogens (tertiary/aromatic N) is 3. The molecular weight excluding hydrogens is 319 g/mol. The van der Waals surface area contributed by atoms with E-state index < -0.39 is 0 Å². The predicted octanol–water partition coefficient (Wildman–Crippen LogP) is 1.43. The van der Waals surface area contributed by atoms with Crippen molar-refractivity contribution in [3.63, 3.8) is 0 Å². The maximum atomic E-state index is 12.0.